The summed E-state index contributed by atoms with van der Waals surface area (Å²) >= 11 is 1.36. The van der Waals surface area contributed by atoms with Crippen molar-refractivity contribution in [2.45, 2.75) is 23.5 Å². The highest BCUT2D eigenvalue weighted by Gasteiger charge is 2.20. The first-order chi connectivity index (χ1) is 16.8. The minimum absolute atomic E-state index is 0.161. The van der Waals surface area contributed by atoms with Crippen LogP contribution in [-0.4, -0.2) is 36.2 Å². The van der Waals surface area contributed by atoms with Crippen molar-refractivity contribution in [3.05, 3.63) is 82.4 Å². The number of carbonyl (C=O) groups is 2. The molecule has 0 fully saturated rings. The van der Waals surface area contributed by atoms with Gasteiger partial charge < -0.3 is 20.1 Å². The minimum atomic E-state index is -0.551. The van der Waals surface area contributed by atoms with E-state index in [9.17, 15) is 19.7 Å². The lowest BCUT2D eigenvalue weighted by Gasteiger charge is -2.17. The van der Waals surface area contributed by atoms with Crippen molar-refractivity contribution in [3.63, 3.8) is 0 Å². The van der Waals surface area contributed by atoms with Gasteiger partial charge in [-0.25, -0.2) is 0 Å². The monoisotopic (exact) mass is 495 g/mol. The van der Waals surface area contributed by atoms with Gasteiger partial charge in [-0.1, -0.05) is 19.1 Å². The second-order valence-electron chi connectivity index (χ2n) is 7.36. The number of nitro benzene ring substituents is 1. The van der Waals surface area contributed by atoms with Gasteiger partial charge in [-0.2, -0.15) is 0 Å². The van der Waals surface area contributed by atoms with Crippen molar-refractivity contribution < 1.29 is 24.0 Å². The Labute approximate surface area is 207 Å². The van der Waals surface area contributed by atoms with Gasteiger partial charge in [-0.15, -0.1) is 11.8 Å². The van der Waals surface area contributed by atoms with Gasteiger partial charge >= 0.3 is 0 Å². The van der Waals surface area contributed by atoms with Crippen LogP contribution in [0.5, 0.6) is 11.5 Å². The highest BCUT2D eigenvalue weighted by Crippen LogP contribution is 2.32. The zero-order chi connectivity index (χ0) is 25.4. The molecule has 0 aliphatic carbocycles. The summed E-state index contributed by atoms with van der Waals surface area (Å²) in [5.74, 6) is 0.444. The number of amides is 2. The van der Waals surface area contributed by atoms with Crippen LogP contribution < -0.4 is 20.1 Å². The number of nitrogens with one attached hydrogen (secondary N) is 2. The normalized spacial score (nSPS) is 11.3. The summed E-state index contributed by atoms with van der Waals surface area (Å²) < 4.78 is 10.6. The van der Waals surface area contributed by atoms with E-state index >= 15 is 0 Å². The average Bonchev–Trinajstić information content (AvgIpc) is 2.87. The van der Waals surface area contributed by atoms with Crippen molar-refractivity contribution in [3.8, 4) is 11.5 Å². The molecule has 0 saturated heterocycles. The van der Waals surface area contributed by atoms with E-state index in [1.807, 2.05) is 13.0 Å². The molecule has 1 unspecified atom stereocenters. The van der Waals surface area contributed by atoms with Gasteiger partial charge in [-0.3, -0.25) is 19.7 Å². The molecule has 1 atom stereocenters. The van der Waals surface area contributed by atoms with Gasteiger partial charge in [0.2, 0.25) is 5.91 Å². The highest BCUT2D eigenvalue weighted by molar-refractivity contribution is 8.00. The van der Waals surface area contributed by atoms with E-state index in [1.165, 1.54) is 43.1 Å². The van der Waals surface area contributed by atoms with Crippen LogP contribution in [0.4, 0.5) is 17.1 Å². The molecule has 10 heteroatoms. The molecule has 182 valence electrons. The fourth-order valence-corrected chi connectivity index (χ4v) is 4.24. The molecule has 3 aromatic carbocycles. The van der Waals surface area contributed by atoms with Crippen molar-refractivity contribution in [2.75, 3.05) is 24.9 Å². The number of non-ortho nitro benzene ring substituents is 1. The maximum Gasteiger partial charge on any atom is 0.270 e. The predicted molar refractivity (Wildman–Crippen MR) is 136 cm³/mol. The van der Waals surface area contributed by atoms with Crippen LogP contribution >= 0.6 is 11.8 Å². The summed E-state index contributed by atoms with van der Waals surface area (Å²) in [5, 5.41) is 16.2. The van der Waals surface area contributed by atoms with Crippen LogP contribution in [0.3, 0.4) is 0 Å². The van der Waals surface area contributed by atoms with Crippen LogP contribution in [0.25, 0.3) is 0 Å². The zero-order valence-corrected chi connectivity index (χ0v) is 20.3. The first-order valence-electron chi connectivity index (χ1n) is 10.7. The molecule has 2 N–H and O–H groups in total. The quantitative estimate of drug-likeness (QED) is 0.220. The summed E-state index contributed by atoms with van der Waals surface area (Å²) in [7, 11) is 3.07. The van der Waals surface area contributed by atoms with Crippen LogP contribution in [-0.2, 0) is 4.79 Å². The standard InChI is InChI=1S/C25H25N3O6S/c1-4-23(25(30)27-21-15-19(33-2)11-12-22(21)34-3)35-20-10-6-8-17(14-20)26-24(29)16-7-5-9-18(13-16)28(31)32/h5-15,23H,4H2,1-3H3,(H,26,29)(H,27,30). The number of hydrogen-bond acceptors (Lipinski definition) is 7. The Morgan fingerprint density at radius 2 is 1.77 bits per heavy atom. The largest absolute Gasteiger partial charge is 0.497 e. The van der Waals surface area contributed by atoms with E-state index in [1.54, 1.807) is 43.5 Å². The number of ether oxygens (including phenoxy) is 2. The van der Waals surface area contributed by atoms with Crippen LogP contribution in [0.2, 0.25) is 0 Å². The molecule has 0 spiro atoms. The predicted octanol–water partition coefficient (Wildman–Crippen LogP) is 5.37. The minimum Gasteiger partial charge on any atom is -0.497 e. The van der Waals surface area contributed by atoms with E-state index < -0.39 is 16.1 Å². The molecule has 0 aliphatic heterocycles. The summed E-state index contributed by atoms with van der Waals surface area (Å²) in [6, 6.07) is 17.7. The van der Waals surface area contributed by atoms with E-state index in [-0.39, 0.29) is 17.2 Å². The van der Waals surface area contributed by atoms with E-state index in [0.717, 1.165) is 4.90 Å². The maximum absolute atomic E-state index is 13.0. The van der Waals surface area contributed by atoms with E-state index in [4.69, 9.17) is 9.47 Å². The Kier molecular flexibility index (Phi) is 8.69. The fourth-order valence-electron chi connectivity index (χ4n) is 3.22. The topological polar surface area (TPSA) is 120 Å². The second kappa shape index (κ2) is 11.9. The third-order valence-corrected chi connectivity index (χ3v) is 6.38. The fraction of sp³-hybridized carbons (Fsp3) is 0.200. The van der Waals surface area contributed by atoms with Gasteiger partial charge in [0.1, 0.15) is 11.5 Å². The van der Waals surface area contributed by atoms with Crippen molar-refractivity contribution >= 4 is 40.6 Å². The maximum atomic E-state index is 13.0. The Morgan fingerprint density at radius 3 is 2.46 bits per heavy atom. The van der Waals surface area contributed by atoms with Crippen LogP contribution in [0.1, 0.15) is 23.7 Å². The number of hydrogen-bond donors (Lipinski definition) is 2. The number of methoxy groups -OCH3 is 2. The van der Waals surface area contributed by atoms with Gasteiger partial charge in [-0.05, 0) is 42.8 Å². The SMILES string of the molecule is CCC(Sc1cccc(NC(=O)c2cccc([N+](=O)[O-])c2)c1)C(=O)Nc1cc(OC)ccc1OC. The molecule has 3 rings (SSSR count). The molecule has 0 radical (unpaired) electrons. The van der Waals surface area contributed by atoms with Gasteiger partial charge in [0, 0.05) is 34.3 Å². The zero-order valence-electron chi connectivity index (χ0n) is 19.4. The van der Waals surface area contributed by atoms with Crippen LogP contribution in [0, 0.1) is 10.1 Å². The molecular weight excluding hydrogens is 470 g/mol. The second-order valence-corrected chi connectivity index (χ2v) is 8.64. The molecule has 0 saturated carbocycles. The van der Waals surface area contributed by atoms with Crippen LogP contribution in [0.15, 0.2) is 71.6 Å². The number of rotatable bonds is 10. The molecule has 0 aromatic heterocycles. The van der Waals surface area contributed by atoms with Gasteiger partial charge in [0.05, 0.1) is 30.1 Å². The molecule has 0 heterocycles. The van der Waals surface area contributed by atoms with Crippen molar-refractivity contribution in [2.24, 2.45) is 0 Å². The Balaban J connectivity index is 1.71. The highest BCUT2D eigenvalue weighted by atomic mass is 32.2. The van der Waals surface area contributed by atoms with E-state index in [2.05, 4.69) is 10.6 Å². The van der Waals surface area contributed by atoms with Crippen molar-refractivity contribution in [1.82, 2.24) is 0 Å². The Morgan fingerprint density at radius 1 is 1.00 bits per heavy atom. The Bertz CT molecular complexity index is 1230. The number of thioether (sulfide) groups is 1. The third kappa shape index (κ3) is 6.73. The number of anilines is 2. The summed E-state index contributed by atoms with van der Waals surface area (Å²) in [5.41, 5.74) is 1.03. The molecule has 35 heavy (non-hydrogen) atoms. The van der Waals surface area contributed by atoms with Crippen molar-refractivity contribution in [1.29, 1.82) is 0 Å². The smallest absolute Gasteiger partial charge is 0.270 e. The molecule has 0 bridgehead atoms. The first kappa shape index (κ1) is 25.6. The molecular formula is C25H25N3O6S. The number of benzene rings is 3. The third-order valence-electron chi connectivity index (χ3n) is 5.02. The lowest BCUT2D eigenvalue weighted by atomic mass is 10.2. The Hall–Kier alpha value is -4.05. The first-order valence-corrected chi connectivity index (χ1v) is 11.6. The summed E-state index contributed by atoms with van der Waals surface area (Å²) in [4.78, 5) is 36.8. The number of nitrogens with zero attached hydrogens (tertiary/aromatic N) is 1. The molecule has 9 nitrogen and oxygen atoms in total. The molecule has 2 amide bonds. The summed E-state index contributed by atoms with van der Waals surface area (Å²) in [6.45, 7) is 1.91. The van der Waals surface area contributed by atoms with Gasteiger partial charge in [0.15, 0.2) is 0 Å². The average molecular weight is 496 g/mol. The molecule has 3 aromatic rings. The molecule has 0 aliphatic rings. The number of carbonyl (C=O) groups excluding carboxylic acids is 2. The lowest BCUT2D eigenvalue weighted by Crippen LogP contribution is -2.24. The summed E-state index contributed by atoms with van der Waals surface area (Å²) in [6.07, 6.45) is 0.563. The van der Waals surface area contributed by atoms with E-state index in [0.29, 0.717) is 29.3 Å². The number of nitro groups is 1. The van der Waals surface area contributed by atoms with Gasteiger partial charge in [0.25, 0.3) is 11.6 Å². The lowest BCUT2D eigenvalue weighted by molar-refractivity contribution is -0.384.